The van der Waals surface area contributed by atoms with Gasteiger partial charge >= 0.3 is 0 Å². The lowest BCUT2D eigenvalue weighted by molar-refractivity contribution is -0.114. The first-order valence-electron chi connectivity index (χ1n) is 6.74. The zero-order valence-corrected chi connectivity index (χ0v) is 12.7. The third-order valence-corrected chi connectivity index (χ3v) is 3.05. The van der Waals surface area contributed by atoms with Crippen molar-refractivity contribution in [2.45, 2.75) is 6.92 Å². The van der Waals surface area contributed by atoms with E-state index in [4.69, 9.17) is 4.74 Å². The summed E-state index contributed by atoms with van der Waals surface area (Å²) in [6.45, 7) is 1.29. The average Bonchev–Trinajstić information content (AvgIpc) is 2.52. The minimum atomic E-state index is -1.73. The second kappa shape index (κ2) is 7.03. The molecule has 0 fully saturated rings. The summed E-state index contributed by atoms with van der Waals surface area (Å²) in [5.74, 6) is -5.67. The molecule has 0 heterocycles. The van der Waals surface area contributed by atoms with Crippen molar-refractivity contribution >= 4 is 23.2 Å². The highest BCUT2D eigenvalue weighted by Crippen LogP contribution is 2.28. The Balaban J connectivity index is 2.29. The first kappa shape index (κ1) is 17.3. The maximum absolute atomic E-state index is 13.6. The first-order valence-corrected chi connectivity index (χ1v) is 6.74. The van der Waals surface area contributed by atoms with Gasteiger partial charge in [0.05, 0.1) is 18.4 Å². The maximum atomic E-state index is 13.6. The van der Waals surface area contributed by atoms with E-state index in [1.54, 1.807) is 0 Å². The minimum absolute atomic E-state index is 0.202. The van der Waals surface area contributed by atoms with Crippen molar-refractivity contribution in [1.82, 2.24) is 0 Å². The lowest BCUT2D eigenvalue weighted by Gasteiger charge is -2.12. The van der Waals surface area contributed by atoms with Gasteiger partial charge in [0.25, 0.3) is 5.91 Å². The number of rotatable bonds is 4. The predicted octanol–water partition coefficient (Wildman–Crippen LogP) is 3.32. The van der Waals surface area contributed by atoms with Gasteiger partial charge in [-0.3, -0.25) is 9.59 Å². The van der Waals surface area contributed by atoms with Crippen molar-refractivity contribution in [3.8, 4) is 5.75 Å². The molecule has 5 nitrogen and oxygen atoms in total. The third kappa shape index (κ3) is 3.65. The second-order valence-corrected chi connectivity index (χ2v) is 4.77. The first-order chi connectivity index (χ1) is 11.3. The van der Waals surface area contributed by atoms with Crippen LogP contribution in [0.1, 0.15) is 17.3 Å². The fraction of sp³-hybridized carbons (Fsp3) is 0.125. The van der Waals surface area contributed by atoms with Gasteiger partial charge in [-0.15, -0.1) is 0 Å². The Hall–Kier alpha value is -3.03. The largest absolute Gasteiger partial charge is 0.495 e. The van der Waals surface area contributed by atoms with E-state index in [0.29, 0.717) is 11.8 Å². The van der Waals surface area contributed by atoms with Crippen LogP contribution in [0.5, 0.6) is 5.75 Å². The van der Waals surface area contributed by atoms with Crippen LogP contribution in [0.2, 0.25) is 0 Å². The van der Waals surface area contributed by atoms with Gasteiger partial charge in [0.2, 0.25) is 5.91 Å². The molecule has 0 aliphatic heterocycles. The molecule has 0 spiro atoms. The van der Waals surface area contributed by atoms with Crippen molar-refractivity contribution in [2.24, 2.45) is 0 Å². The van der Waals surface area contributed by atoms with Gasteiger partial charge in [0.15, 0.2) is 17.5 Å². The molecule has 0 radical (unpaired) electrons. The van der Waals surface area contributed by atoms with Gasteiger partial charge in [0, 0.05) is 12.6 Å². The standard InChI is InChI=1S/C16H13F3N2O3/c1-8(22)20-12-7-9(3-6-13(12)24-2)21-16(23)10-4-5-11(17)15(19)14(10)18/h3-7H,1-2H3,(H,20,22)(H,21,23). The fourth-order valence-electron chi connectivity index (χ4n) is 1.97. The van der Waals surface area contributed by atoms with E-state index in [1.165, 1.54) is 32.2 Å². The summed E-state index contributed by atoms with van der Waals surface area (Å²) in [6, 6.07) is 5.80. The van der Waals surface area contributed by atoms with Crippen LogP contribution in [-0.4, -0.2) is 18.9 Å². The van der Waals surface area contributed by atoms with Gasteiger partial charge in [0.1, 0.15) is 5.75 Å². The van der Waals surface area contributed by atoms with Crippen molar-refractivity contribution < 1.29 is 27.5 Å². The van der Waals surface area contributed by atoms with E-state index >= 15 is 0 Å². The summed E-state index contributed by atoms with van der Waals surface area (Å²) in [4.78, 5) is 23.2. The average molecular weight is 338 g/mol. The SMILES string of the molecule is COc1ccc(NC(=O)c2ccc(F)c(F)c2F)cc1NC(C)=O. The molecule has 2 N–H and O–H groups in total. The van der Waals surface area contributed by atoms with Crippen LogP contribution < -0.4 is 15.4 Å². The number of carbonyl (C=O) groups is 2. The molecule has 0 bridgehead atoms. The van der Waals surface area contributed by atoms with Gasteiger partial charge in [-0.25, -0.2) is 13.2 Å². The Bertz CT molecular complexity index is 809. The predicted molar refractivity (Wildman–Crippen MR) is 81.6 cm³/mol. The minimum Gasteiger partial charge on any atom is -0.495 e. The molecule has 126 valence electrons. The summed E-state index contributed by atoms with van der Waals surface area (Å²) < 4.78 is 44.8. The molecule has 2 aromatic rings. The van der Waals surface area contributed by atoms with Crippen LogP contribution in [0, 0.1) is 17.5 Å². The Kier molecular flexibility index (Phi) is 5.08. The molecule has 0 atom stereocenters. The van der Waals surface area contributed by atoms with E-state index in [-0.39, 0.29) is 17.3 Å². The molecular formula is C16H13F3N2O3. The summed E-state index contributed by atoms with van der Waals surface area (Å²) >= 11 is 0. The summed E-state index contributed by atoms with van der Waals surface area (Å²) in [7, 11) is 1.40. The number of methoxy groups -OCH3 is 1. The van der Waals surface area contributed by atoms with E-state index in [1.807, 2.05) is 0 Å². The number of amides is 2. The van der Waals surface area contributed by atoms with Crippen molar-refractivity contribution in [3.63, 3.8) is 0 Å². The number of hydrogen-bond acceptors (Lipinski definition) is 3. The van der Waals surface area contributed by atoms with Gasteiger partial charge in [-0.05, 0) is 30.3 Å². The van der Waals surface area contributed by atoms with E-state index < -0.39 is 28.9 Å². The molecule has 0 aliphatic rings. The molecule has 24 heavy (non-hydrogen) atoms. The summed E-state index contributed by atoms with van der Waals surface area (Å²) in [6.07, 6.45) is 0. The number of anilines is 2. The molecule has 0 aromatic heterocycles. The molecule has 0 saturated heterocycles. The highest BCUT2D eigenvalue weighted by Gasteiger charge is 2.19. The van der Waals surface area contributed by atoms with Crippen molar-refractivity contribution in [3.05, 3.63) is 53.3 Å². The van der Waals surface area contributed by atoms with E-state index in [9.17, 15) is 22.8 Å². The number of halogens is 3. The van der Waals surface area contributed by atoms with Crippen LogP contribution in [0.4, 0.5) is 24.5 Å². The van der Waals surface area contributed by atoms with Crippen LogP contribution in [-0.2, 0) is 4.79 Å². The Morgan fingerprint density at radius 1 is 1.00 bits per heavy atom. The molecule has 0 saturated carbocycles. The van der Waals surface area contributed by atoms with Crippen LogP contribution in [0.25, 0.3) is 0 Å². The number of carbonyl (C=O) groups excluding carboxylic acids is 2. The monoisotopic (exact) mass is 338 g/mol. The summed E-state index contributed by atoms with van der Waals surface area (Å²) in [5, 5.41) is 4.84. The Morgan fingerprint density at radius 3 is 2.33 bits per heavy atom. The number of benzene rings is 2. The lowest BCUT2D eigenvalue weighted by atomic mass is 10.1. The van der Waals surface area contributed by atoms with Gasteiger partial charge in [-0.2, -0.15) is 0 Å². The number of nitrogens with one attached hydrogen (secondary N) is 2. The molecule has 2 amide bonds. The normalized spacial score (nSPS) is 10.2. The highest BCUT2D eigenvalue weighted by molar-refractivity contribution is 6.05. The smallest absolute Gasteiger partial charge is 0.258 e. The number of hydrogen-bond donors (Lipinski definition) is 2. The quantitative estimate of drug-likeness (QED) is 0.841. The molecular weight excluding hydrogens is 325 g/mol. The summed E-state index contributed by atoms with van der Waals surface area (Å²) in [5.41, 5.74) is -0.159. The zero-order valence-electron chi connectivity index (χ0n) is 12.7. The number of ether oxygens (including phenoxy) is 1. The Labute approximate surface area is 135 Å². The van der Waals surface area contributed by atoms with Crippen LogP contribution >= 0.6 is 0 Å². The second-order valence-electron chi connectivity index (χ2n) is 4.77. The van der Waals surface area contributed by atoms with Crippen molar-refractivity contribution in [2.75, 3.05) is 17.7 Å². The molecule has 2 aromatic carbocycles. The topological polar surface area (TPSA) is 67.4 Å². The van der Waals surface area contributed by atoms with Crippen LogP contribution in [0.15, 0.2) is 30.3 Å². The Morgan fingerprint density at radius 2 is 1.71 bits per heavy atom. The van der Waals surface area contributed by atoms with Crippen molar-refractivity contribution in [1.29, 1.82) is 0 Å². The maximum Gasteiger partial charge on any atom is 0.258 e. The zero-order chi connectivity index (χ0) is 17.9. The molecule has 0 unspecified atom stereocenters. The lowest BCUT2D eigenvalue weighted by Crippen LogP contribution is -2.15. The highest BCUT2D eigenvalue weighted by atomic mass is 19.2. The van der Waals surface area contributed by atoms with E-state index in [0.717, 1.165) is 6.07 Å². The third-order valence-electron chi connectivity index (χ3n) is 3.05. The van der Waals surface area contributed by atoms with Crippen LogP contribution in [0.3, 0.4) is 0 Å². The molecule has 2 rings (SSSR count). The molecule has 0 aliphatic carbocycles. The van der Waals surface area contributed by atoms with E-state index in [2.05, 4.69) is 10.6 Å². The fourth-order valence-corrected chi connectivity index (χ4v) is 1.97. The van der Waals surface area contributed by atoms with Gasteiger partial charge in [-0.1, -0.05) is 0 Å². The molecule has 8 heteroatoms. The van der Waals surface area contributed by atoms with Gasteiger partial charge < -0.3 is 15.4 Å².